The molecule has 0 bridgehead atoms. The second kappa shape index (κ2) is 7.91. The number of carbonyl (C=O) groups excluding carboxylic acids is 1. The molecule has 0 aromatic heterocycles. The van der Waals surface area contributed by atoms with Crippen molar-refractivity contribution in [1.29, 1.82) is 0 Å². The number of amides is 1. The first-order valence-electron chi connectivity index (χ1n) is 6.89. The summed E-state index contributed by atoms with van der Waals surface area (Å²) in [6, 6.07) is 8.14. The molecule has 0 spiro atoms. The normalized spacial score (nSPS) is 18.2. The van der Waals surface area contributed by atoms with E-state index >= 15 is 0 Å². The first-order valence-corrected chi connectivity index (χ1v) is 7.77. The van der Waals surface area contributed by atoms with E-state index < -0.39 is 0 Å². The maximum Gasteiger partial charge on any atom is 0.254 e. The standard InChI is InChI=1S/C15H22N2OS.ClH/c1-11(2)19-14-7-5-12(6-8-14)15(18)17-9-3-4-13(17)10-16;/h5-8,11,13H,3-4,9-10,16H2,1-2H3;1H. The van der Waals surface area contributed by atoms with Crippen LogP contribution in [0, 0.1) is 0 Å². The molecule has 1 fully saturated rings. The highest BCUT2D eigenvalue weighted by atomic mass is 35.5. The first kappa shape index (κ1) is 17.3. The summed E-state index contributed by atoms with van der Waals surface area (Å²) >= 11 is 1.81. The van der Waals surface area contributed by atoms with Crippen molar-refractivity contribution in [3.8, 4) is 0 Å². The van der Waals surface area contributed by atoms with Gasteiger partial charge in [0.15, 0.2) is 0 Å². The fourth-order valence-corrected chi connectivity index (χ4v) is 3.30. The van der Waals surface area contributed by atoms with E-state index in [0.29, 0.717) is 11.8 Å². The molecule has 2 rings (SSSR count). The van der Waals surface area contributed by atoms with Crippen LogP contribution in [-0.4, -0.2) is 35.2 Å². The van der Waals surface area contributed by atoms with Gasteiger partial charge in [-0.15, -0.1) is 24.2 Å². The van der Waals surface area contributed by atoms with Gasteiger partial charge in [-0.1, -0.05) is 13.8 Å². The summed E-state index contributed by atoms with van der Waals surface area (Å²) in [6.07, 6.45) is 2.10. The summed E-state index contributed by atoms with van der Waals surface area (Å²) in [7, 11) is 0. The van der Waals surface area contributed by atoms with Gasteiger partial charge in [-0.25, -0.2) is 0 Å². The third kappa shape index (κ3) is 4.14. The van der Waals surface area contributed by atoms with E-state index in [2.05, 4.69) is 13.8 Å². The number of nitrogens with two attached hydrogens (primary N) is 1. The Kier molecular flexibility index (Phi) is 6.86. The van der Waals surface area contributed by atoms with Crippen LogP contribution in [0.1, 0.15) is 37.0 Å². The van der Waals surface area contributed by atoms with Gasteiger partial charge in [-0.3, -0.25) is 4.79 Å². The van der Waals surface area contributed by atoms with E-state index in [0.717, 1.165) is 24.9 Å². The van der Waals surface area contributed by atoms with Gasteiger partial charge in [-0.05, 0) is 37.1 Å². The molecule has 1 aliphatic heterocycles. The molecular weight excluding hydrogens is 292 g/mol. The molecule has 1 atom stereocenters. The monoisotopic (exact) mass is 314 g/mol. The summed E-state index contributed by atoms with van der Waals surface area (Å²) in [6.45, 7) is 5.73. The average molecular weight is 315 g/mol. The number of halogens is 1. The SMILES string of the molecule is CC(C)Sc1ccc(C(=O)N2CCCC2CN)cc1.Cl. The molecule has 1 aromatic carbocycles. The van der Waals surface area contributed by atoms with Crippen molar-refractivity contribution in [3.05, 3.63) is 29.8 Å². The van der Waals surface area contributed by atoms with Crippen LogP contribution in [0.5, 0.6) is 0 Å². The Balaban J connectivity index is 0.00000200. The maximum atomic E-state index is 12.4. The zero-order valence-corrected chi connectivity index (χ0v) is 13.7. The molecular formula is C15H23ClN2OS. The summed E-state index contributed by atoms with van der Waals surface area (Å²) in [5, 5.41) is 0.557. The minimum absolute atomic E-state index is 0. The number of thioether (sulfide) groups is 1. The Morgan fingerprint density at radius 2 is 2.05 bits per heavy atom. The van der Waals surface area contributed by atoms with Crippen molar-refractivity contribution < 1.29 is 4.79 Å². The predicted octanol–water partition coefficient (Wildman–Crippen LogP) is 3.17. The van der Waals surface area contributed by atoms with E-state index in [1.807, 2.05) is 40.9 Å². The van der Waals surface area contributed by atoms with Gasteiger partial charge < -0.3 is 10.6 Å². The fraction of sp³-hybridized carbons (Fsp3) is 0.533. The smallest absolute Gasteiger partial charge is 0.254 e. The average Bonchev–Trinajstić information content (AvgIpc) is 2.86. The number of likely N-dealkylation sites (tertiary alicyclic amines) is 1. The van der Waals surface area contributed by atoms with Crippen molar-refractivity contribution in [2.24, 2.45) is 5.73 Å². The van der Waals surface area contributed by atoms with Crippen molar-refractivity contribution in [2.75, 3.05) is 13.1 Å². The molecule has 3 nitrogen and oxygen atoms in total. The number of benzene rings is 1. The minimum Gasteiger partial charge on any atom is -0.334 e. The Morgan fingerprint density at radius 3 is 2.60 bits per heavy atom. The third-order valence-corrected chi connectivity index (χ3v) is 4.40. The summed E-state index contributed by atoms with van der Waals surface area (Å²) in [4.78, 5) is 15.5. The van der Waals surface area contributed by atoms with Gasteiger partial charge in [0.05, 0.1) is 0 Å². The fourth-order valence-electron chi connectivity index (χ4n) is 2.46. The molecule has 1 aliphatic rings. The lowest BCUT2D eigenvalue weighted by Crippen LogP contribution is -2.39. The summed E-state index contributed by atoms with van der Waals surface area (Å²) < 4.78 is 0. The summed E-state index contributed by atoms with van der Waals surface area (Å²) in [5.74, 6) is 0.119. The maximum absolute atomic E-state index is 12.4. The zero-order valence-electron chi connectivity index (χ0n) is 12.0. The van der Waals surface area contributed by atoms with Crippen molar-refractivity contribution >= 4 is 30.1 Å². The van der Waals surface area contributed by atoms with Crippen LogP contribution in [-0.2, 0) is 0 Å². The van der Waals surface area contributed by atoms with Crippen molar-refractivity contribution in [1.82, 2.24) is 4.90 Å². The molecule has 0 saturated carbocycles. The van der Waals surface area contributed by atoms with Gasteiger partial charge in [0.25, 0.3) is 5.91 Å². The molecule has 5 heteroatoms. The van der Waals surface area contributed by atoms with Crippen molar-refractivity contribution in [3.63, 3.8) is 0 Å². The van der Waals surface area contributed by atoms with Crippen LogP contribution in [0.25, 0.3) is 0 Å². The van der Waals surface area contributed by atoms with Gasteiger partial charge in [0.2, 0.25) is 0 Å². The molecule has 1 unspecified atom stereocenters. The second-order valence-electron chi connectivity index (χ2n) is 5.22. The Bertz CT molecular complexity index is 436. The van der Waals surface area contributed by atoms with Gasteiger partial charge >= 0.3 is 0 Å². The topological polar surface area (TPSA) is 46.3 Å². The quantitative estimate of drug-likeness (QED) is 0.868. The largest absolute Gasteiger partial charge is 0.334 e. The lowest BCUT2D eigenvalue weighted by atomic mass is 10.1. The van der Waals surface area contributed by atoms with Crippen molar-refractivity contribution in [2.45, 2.75) is 42.9 Å². The van der Waals surface area contributed by atoms with E-state index in [4.69, 9.17) is 5.73 Å². The second-order valence-corrected chi connectivity index (χ2v) is 6.87. The minimum atomic E-state index is 0. The number of carbonyl (C=O) groups is 1. The summed E-state index contributed by atoms with van der Waals surface area (Å²) in [5.41, 5.74) is 6.49. The van der Waals surface area contributed by atoms with Gasteiger partial charge in [-0.2, -0.15) is 0 Å². The predicted molar refractivity (Wildman–Crippen MR) is 87.8 cm³/mol. The van der Waals surface area contributed by atoms with E-state index in [1.54, 1.807) is 0 Å². The number of nitrogens with zero attached hydrogens (tertiary/aromatic N) is 1. The number of hydrogen-bond donors (Lipinski definition) is 1. The number of hydrogen-bond acceptors (Lipinski definition) is 3. The molecule has 0 aliphatic carbocycles. The highest BCUT2D eigenvalue weighted by molar-refractivity contribution is 7.99. The van der Waals surface area contributed by atoms with Crippen LogP contribution in [0.2, 0.25) is 0 Å². The molecule has 1 saturated heterocycles. The Morgan fingerprint density at radius 1 is 1.40 bits per heavy atom. The van der Waals surface area contributed by atoms with E-state index in [-0.39, 0.29) is 24.4 Å². The molecule has 20 heavy (non-hydrogen) atoms. The highest BCUT2D eigenvalue weighted by Crippen LogP contribution is 2.24. The van der Waals surface area contributed by atoms with Crippen LogP contribution in [0.3, 0.4) is 0 Å². The lowest BCUT2D eigenvalue weighted by Gasteiger charge is -2.23. The molecule has 1 amide bonds. The van der Waals surface area contributed by atoms with Crippen LogP contribution >= 0.6 is 24.2 Å². The third-order valence-electron chi connectivity index (χ3n) is 3.38. The van der Waals surface area contributed by atoms with Crippen LogP contribution in [0.4, 0.5) is 0 Å². The lowest BCUT2D eigenvalue weighted by molar-refractivity contribution is 0.0741. The molecule has 0 radical (unpaired) electrons. The highest BCUT2D eigenvalue weighted by Gasteiger charge is 2.28. The van der Waals surface area contributed by atoms with Gasteiger partial charge in [0, 0.05) is 34.8 Å². The Hall–Kier alpha value is -0.710. The van der Waals surface area contributed by atoms with Crippen LogP contribution in [0.15, 0.2) is 29.2 Å². The first-order chi connectivity index (χ1) is 9.11. The van der Waals surface area contributed by atoms with E-state index in [1.165, 1.54) is 4.90 Å². The Labute approximate surface area is 131 Å². The molecule has 2 N–H and O–H groups in total. The van der Waals surface area contributed by atoms with Crippen LogP contribution < -0.4 is 5.73 Å². The van der Waals surface area contributed by atoms with E-state index in [9.17, 15) is 4.79 Å². The molecule has 1 aromatic rings. The molecule has 112 valence electrons. The number of rotatable bonds is 4. The molecule has 1 heterocycles. The van der Waals surface area contributed by atoms with Gasteiger partial charge in [0.1, 0.15) is 0 Å². The zero-order chi connectivity index (χ0) is 13.8.